The molecule has 0 saturated heterocycles. The van der Waals surface area contributed by atoms with Crippen LogP contribution in [-0.4, -0.2) is 0 Å². The van der Waals surface area contributed by atoms with Crippen molar-refractivity contribution in [3.63, 3.8) is 0 Å². The molecule has 0 radical (unpaired) electrons. The fraction of sp³-hybridized carbons (Fsp3) is 0.750. The number of rotatable bonds is 1. The van der Waals surface area contributed by atoms with E-state index >= 15 is 0 Å². The van der Waals surface area contributed by atoms with Crippen molar-refractivity contribution in [2.45, 2.75) is 77.0 Å². The van der Waals surface area contributed by atoms with Gasteiger partial charge in [-0.1, -0.05) is 25.7 Å². The van der Waals surface area contributed by atoms with E-state index in [4.69, 9.17) is 0 Å². The topological polar surface area (TPSA) is 0 Å². The minimum atomic E-state index is 1.34. The average molecular weight is 470 g/mol. The molecule has 2 aliphatic carbocycles. The summed E-state index contributed by atoms with van der Waals surface area (Å²) in [5, 5.41) is 0. The molecule has 0 N–H and O–H groups in total. The maximum Gasteiger partial charge on any atom is -0.00590 e. The van der Waals surface area contributed by atoms with Gasteiger partial charge in [-0.2, -0.15) is 0 Å². The first kappa shape index (κ1) is 15.3. The molecule has 0 heterocycles. The summed E-state index contributed by atoms with van der Waals surface area (Å²) in [6, 6.07) is 0. The Hall–Kier alpha value is 0.940. The van der Waals surface area contributed by atoms with Crippen LogP contribution in [0, 0.1) is 0 Å². The van der Waals surface area contributed by atoms with Gasteiger partial charge < -0.3 is 0 Å². The van der Waals surface area contributed by atoms with E-state index in [9.17, 15) is 0 Å². The molecule has 2 heteroatoms. The smallest absolute Gasteiger partial charge is 0.00590 e. The Kier molecular flexibility index (Phi) is 7.05. The van der Waals surface area contributed by atoms with Gasteiger partial charge in [0.05, 0.1) is 0 Å². The molecule has 0 bridgehead atoms. The van der Waals surface area contributed by atoms with Gasteiger partial charge in [-0.05, 0) is 115 Å². The molecule has 0 fully saturated rings. The van der Waals surface area contributed by atoms with E-state index in [1.807, 2.05) is 0 Å². The Morgan fingerprint density at radius 2 is 0.778 bits per heavy atom. The van der Waals surface area contributed by atoms with E-state index in [2.05, 4.69) is 45.2 Å². The van der Waals surface area contributed by atoms with Crippen LogP contribution in [0.4, 0.5) is 0 Å². The first-order valence-corrected chi connectivity index (χ1v) is 9.70. The normalized spacial score (nSPS) is 32.3. The summed E-state index contributed by atoms with van der Waals surface area (Å²) in [5.41, 5.74) is 3.50. The van der Waals surface area contributed by atoms with Gasteiger partial charge in [0.1, 0.15) is 0 Å². The fourth-order valence-corrected chi connectivity index (χ4v) is 5.03. The van der Waals surface area contributed by atoms with E-state index < -0.39 is 0 Å². The molecule has 0 spiro atoms. The lowest BCUT2D eigenvalue weighted by molar-refractivity contribution is 0.603. The summed E-state index contributed by atoms with van der Waals surface area (Å²) in [6.07, 6.45) is 16.8. The van der Waals surface area contributed by atoms with E-state index in [-0.39, 0.29) is 0 Å². The van der Waals surface area contributed by atoms with E-state index in [1.54, 1.807) is 18.3 Å². The molecule has 0 nitrogen and oxygen atoms in total. The van der Waals surface area contributed by atoms with Gasteiger partial charge in [0.15, 0.2) is 0 Å². The molecule has 0 aromatic heterocycles. The van der Waals surface area contributed by atoms with Crippen molar-refractivity contribution in [3.05, 3.63) is 18.3 Å². The highest BCUT2D eigenvalue weighted by atomic mass is 127. The van der Waals surface area contributed by atoms with Crippen molar-refractivity contribution < 1.29 is 0 Å². The summed E-state index contributed by atoms with van der Waals surface area (Å²) in [5.74, 6) is 0. The number of allylic oxidation sites excluding steroid dienone is 4. The largest absolute Gasteiger partial charge is 0.0530 e. The minimum absolute atomic E-state index is 1.34. The molecule has 18 heavy (non-hydrogen) atoms. The van der Waals surface area contributed by atoms with Crippen molar-refractivity contribution >= 4 is 45.2 Å². The molecule has 0 amide bonds. The zero-order chi connectivity index (χ0) is 12.8. The van der Waals surface area contributed by atoms with Crippen molar-refractivity contribution in [2.24, 2.45) is 0 Å². The third-order valence-electron chi connectivity index (χ3n) is 4.17. The van der Waals surface area contributed by atoms with Gasteiger partial charge in [-0.15, -0.1) is 0 Å². The number of halogens is 2. The van der Waals surface area contributed by atoms with E-state index in [1.165, 1.54) is 77.0 Å². The fourth-order valence-electron chi connectivity index (χ4n) is 3.07. The monoisotopic (exact) mass is 470 g/mol. The van der Waals surface area contributed by atoms with Crippen molar-refractivity contribution in [2.75, 3.05) is 0 Å². The molecular weight excluding hydrogens is 446 g/mol. The first-order chi connectivity index (χ1) is 8.79. The summed E-state index contributed by atoms with van der Waals surface area (Å²) in [4.78, 5) is 0. The maximum absolute atomic E-state index is 2.64. The standard InChI is InChI=1S/C16H24I2/c17-15-11-7-3-1-5-9-13(15)14-10-6-2-4-8-12-16(14)18/h1-12H2/b15-13-,16-14-. The zero-order valence-corrected chi connectivity index (χ0v) is 15.6. The molecule has 0 atom stereocenters. The van der Waals surface area contributed by atoms with E-state index in [0.717, 1.165) is 0 Å². The summed E-state index contributed by atoms with van der Waals surface area (Å²) >= 11 is 5.28. The predicted molar refractivity (Wildman–Crippen MR) is 97.5 cm³/mol. The highest BCUT2D eigenvalue weighted by molar-refractivity contribution is 14.1. The molecule has 0 saturated carbocycles. The van der Waals surface area contributed by atoms with Gasteiger partial charge in [-0.25, -0.2) is 0 Å². The van der Waals surface area contributed by atoms with Crippen LogP contribution >= 0.6 is 45.2 Å². The quantitative estimate of drug-likeness (QED) is 0.360. The Balaban J connectivity index is 2.23. The SMILES string of the molecule is I/C1=C(\C2=C(/I)CCCCCC2)CCCCCC1. The second-order valence-corrected chi connectivity index (χ2v) is 8.20. The van der Waals surface area contributed by atoms with Gasteiger partial charge in [0.25, 0.3) is 0 Å². The predicted octanol–water partition coefficient (Wildman–Crippen LogP) is 7.07. The van der Waals surface area contributed by atoms with Gasteiger partial charge in [0, 0.05) is 0 Å². The van der Waals surface area contributed by atoms with Crippen LogP contribution in [0.1, 0.15) is 77.0 Å². The summed E-state index contributed by atoms with van der Waals surface area (Å²) in [7, 11) is 0. The van der Waals surface area contributed by atoms with Crippen molar-refractivity contribution in [1.29, 1.82) is 0 Å². The van der Waals surface area contributed by atoms with Crippen LogP contribution in [-0.2, 0) is 0 Å². The van der Waals surface area contributed by atoms with E-state index in [0.29, 0.717) is 0 Å². The maximum atomic E-state index is 2.64. The second kappa shape index (κ2) is 8.28. The zero-order valence-electron chi connectivity index (χ0n) is 11.2. The summed E-state index contributed by atoms with van der Waals surface area (Å²) in [6.45, 7) is 0. The van der Waals surface area contributed by atoms with Crippen molar-refractivity contribution in [3.8, 4) is 0 Å². The van der Waals surface area contributed by atoms with Gasteiger partial charge >= 0.3 is 0 Å². The average Bonchev–Trinajstić information content (AvgIpc) is 2.32. The number of hydrogen-bond donors (Lipinski definition) is 0. The second-order valence-electron chi connectivity index (χ2n) is 5.60. The highest BCUT2D eigenvalue weighted by Gasteiger charge is 2.16. The molecule has 0 aliphatic heterocycles. The van der Waals surface area contributed by atoms with Crippen LogP contribution in [0.3, 0.4) is 0 Å². The third-order valence-corrected chi connectivity index (χ3v) is 6.55. The van der Waals surface area contributed by atoms with Gasteiger partial charge in [0.2, 0.25) is 0 Å². The molecule has 0 aromatic carbocycles. The lowest BCUT2D eigenvalue weighted by atomic mass is 9.89. The third kappa shape index (κ3) is 4.50. The summed E-state index contributed by atoms with van der Waals surface area (Å²) < 4.78 is 3.36. The minimum Gasteiger partial charge on any atom is -0.0530 e. The lowest BCUT2D eigenvalue weighted by Crippen LogP contribution is -2.01. The molecular formula is C16H24I2. The van der Waals surface area contributed by atoms with Crippen LogP contribution in [0.5, 0.6) is 0 Å². The Morgan fingerprint density at radius 3 is 1.17 bits per heavy atom. The van der Waals surface area contributed by atoms with Crippen molar-refractivity contribution in [1.82, 2.24) is 0 Å². The first-order valence-electron chi connectivity index (χ1n) is 7.54. The molecule has 102 valence electrons. The van der Waals surface area contributed by atoms with Crippen LogP contribution in [0.25, 0.3) is 0 Å². The van der Waals surface area contributed by atoms with Crippen LogP contribution in [0.15, 0.2) is 18.3 Å². The molecule has 2 rings (SSSR count). The van der Waals surface area contributed by atoms with Crippen LogP contribution < -0.4 is 0 Å². The molecule has 0 aromatic rings. The van der Waals surface area contributed by atoms with Gasteiger partial charge in [-0.3, -0.25) is 0 Å². The highest BCUT2D eigenvalue weighted by Crippen LogP contribution is 2.39. The Bertz CT molecular complexity index is 305. The molecule has 0 unspecified atom stereocenters. The van der Waals surface area contributed by atoms with Crippen LogP contribution in [0.2, 0.25) is 0 Å². The number of hydrogen-bond acceptors (Lipinski definition) is 0. The molecule has 2 aliphatic rings. The Labute approximate surface area is 139 Å². The lowest BCUT2D eigenvalue weighted by Gasteiger charge is -2.21. The Morgan fingerprint density at radius 1 is 0.444 bits per heavy atom.